The Kier molecular flexibility index (Phi) is 5.98. The smallest absolute Gasteiger partial charge is 0.332 e. The number of methoxy groups -OCH3 is 1. The zero-order valence-corrected chi connectivity index (χ0v) is 14.0. The van der Waals surface area contributed by atoms with Gasteiger partial charge in [-0.2, -0.15) is 0 Å². The van der Waals surface area contributed by atoms with Crippen LogP contribution in [-0.2, 0) is 23.7 Å². The van der Waals surface area contributed by atoms with E-state index in [1.807, 2.05) is 38.1 Å². The van der Waals surface area contributed by atoms with E-state index in [-0.39, 0.29) is 12.7 Å². The maximum absolute atomic E-state index is 11.6. The van der Waals surface area contributed by atoms with Crippen LogP contribution >= 0.6 is 0 Å². The van der Waals surface area contributed by atoms with Crippen molar-refractivity contribution in [2.75, 3.05) is 26.9 Å². The van der Waals surface area contributed by atoms with Gasteiger partial charge in [0, 0.05) is 0 Å². The van der Waals surface area contributed by atoms with Crippen molar-refractivity contribution < 1.29 is 28.5 Å². The molecule has 1 aromatic carbocycles. The molecule has 1 aromatic rings. The van der Waals surface area contributed by atoms with Gasteiger partial charge in [-0.1, -0.05) is 12.1 Å². The molecule has 0 spiro atoms. The van der Waals surface area contributed by atoms with Crippen molar-refractivity contribution in [3.05, 3.63) is 29.8 Å². The fourth-order valence-corrected chi connectivity index (χ4v) is 2.44. The van der Waals surface area contributed by atoms with E-state index in [2.05, 4.69) is 0 Å². The van der Waals surface area contributed by atoms with E-state index < -0.39 is 17.9 Å². The van der Waals surface area contributed by atoms with Gasteiger partial charge in [0.1, 0.15) is 24.6 Å². The lowest BCUT2D eigenvalue weighted by atomic mass is 10.0. The second kappa shape index (κ2) is 7.77. The highest BCUT2D eigenvalue weighted by atomic mass is 16.7. The monoisotopic (exact) mass is 324 g/mol. The van der Waals surface area contributed by atoms with Gasteiger partial charge in [0.15, 0.2) is 5.79 Å². The topological polar surface area (TPSA) is 63.2 Å². The third-order valence-corrected chi connectivity index (χ3v) is 3.50. The van der Waals surface area contributed by atoms with Crippen molar-refractivity contribution in [3.8, 4) is 5.75 Å². The summed E-state index contributed by atoms with van der Waals surface area (Å²) in [6, 6.07) is 7.47. The number of rotatable bonds is 7. The lowest BCUT2D eigenvalue weighted by molar-refractivity contribution is -0.166. The molecule has 1 fully saturated rings. The summed E-state index contributed by atoms with van der Waals surface area (Å²) in [5.41, 5.74) is 0.890. The molecule has 0 N–H and O–H groups in total. The highest BCUT2D eigenvalue weighted by Crippen LogP contribution is 2.33. The van der Waals surface area contributed by atoms with Crippen molar-refractivity contribution in [1.82, 2.24) is 0 Å². The Morgan fingerprint density at radius 1 is 1.35 bits per heavy atom. The minimum atomic E-state index is -0.664. The molecule has 1 saturated heterocycles. The Labute approximate surface area is 136 Å². The van der Waals surface area contributed by atoms with E-state index in [0.717, 1.165) is 11.3 Å². The summed E-state index contributed by atoms with van der Waals surface area (Å²) in [6.45, 7) is 6.05. The third-order valence-electron chi connectivity index (χ3n) is 3.50. The van der Waals surface area contributed by atoms with Crippen molar-refractivity contribution in [3.63, 3.8) is 0 Å². The summed E-state index contributed by atoms with van der Waals surface area (Å²) < 4.78 is 27.3. The quantitative estimate of drug-likeness (QED) is 0.718. The number of benzene rings is 1. The SMILES string of the molecule is CCOC(=O)CO[C@H](c1ccc(OC)cc1)[C@H]1COC(C)(C)O1. The molecule has 6 heteroatoms. The molecule has 1 heterocycles. The summed E-state index contributed by atoms with van der Waals surface area (Å²) in [6.07, 6.45) is -0.722. The van der Waals surface area contributed by atoms with Crippen molar-refractivity contribution in [1.29, 1.82) is 0 Å². The van der Waals surface area contributed by atoms with Crippen LogP contribution in [0.5, 0.6) is 5.75 Å². The van der Waals surface area contributed by atoms with Gasteiger partial charge in [0.05, 0.1) is 20.3 Å². The summed E-state index contributed by atoms with van der Waals surface area (Å²) >= 11 is 0. The number of esters is 1. The minimum absolute atomic E-state index is 0.134. The summed E-state index contributed by atoms with van der Waals surface area (Å²) in [5.74, 6) is -0.311. The van der Waals surface area contributed by atoms with Crippen LogP contribution in [0.4, 0.5) is 0 Å². The molecule has 0 amide bonds. The molecule has 0 aromatic heterocycles. The van der Waals surface area contributed by atoms with Gasteiger partial charge in [0.2, 0.25) is 0 Å². The molecule has 23 heavy (non-hydrogen) atoms. The van der Waals surface area contributed by atoms with E-state index in [1.165, 1.54) is 0 Å². The summed E-state index contributed by atoms with van der Waals surface area (Å²) in [4.78, 5) is 11.6. The zero-order chi connectivity index (χ0) is 16.9. The van der Waals surface area contributed by atoms with Crippen molar-refractivity contribution in [2.24, 2.45) is 0 Å². The number of ether oxygens (including phenoxy) is 5. The van der Waals surface area contributed by atoms with Crippen LogP contribution in [0.1, 0.15) is 32.4 Å². The van der Waals surface area contributed by atoms with Crippen molar-refractivity contribution in [2.45, 2.75) is 38.8 Å². The Balaban J connectivity index is 2.11. The van der Waals surface area contributed by atoms with Gasteiger partial charge < -0.3 is 23.7 Å². The molecular weight excluding hydrogens is 300 g/mol. The Morgan fingerprint density at radius 3 is 2.57 bits per heavy atom. The molecule has 6 nitrogen and oxygen atoms in total. The first-order valence-corrected chi connectivity index (χ1v) is 7.68. The van der Waals surface area contributed by atoms with E-state index in [4.69, 9.17) is 23.7 Å². The third kappa shape index (κ3) is 4.92. The predicted octanol–water partition coefficient (Wildman–Crippen LogP) is 2.47. The zero-order valence-electron chi connectivity index (χ0n) is 14.0. The van der Waals surface area contributed by atoms with Crippen molar-refractivity contribution >= 4 is 5.97 Å². The highest BCUT2D eigenvalue weighted by Gasteiger charge is 2.39. The van der Waals surface area contributed by atoms with Gasteiger partial charge in [-0.3, -0.25) is 0 Å². The highest BCUT2D eigenvalue weighted by molar-refractivity contribution is 5.70. The first-order chi connectivity index (χ1) is 10.9. The van der Waals surface area contributed by atoms with Gasteiger partial charge in [0.25, 0.3) is 0 Å². The molecule has 0 radical (unpaired) electrons. The Morgan fingerprint density at radius 2 is 2.04 bits per heavy atom. The molecule has 0 aliphatic carbocycles. The fraction of sp³-hybridized carbons (Fsp3) is 0.588. The van der Waals surface area contributed by atoms with Gasteiger partial charge in [-0.05, 0) is 38.5 Å². The van der Waals surface area contributed by atoms with E-state index >= 15 is 0 Å². The second-order valence-corrected chi connectivity index (χ2v) is 5.68. The number of carbonyl (C=O) groups excluding carboxylic acids is 1. The normalized spacial score (nSPS) is 21.0. The average molecular weight is 324 g/mol. The van der Waals surface area contributed by atoms with Gasteiger partial charge in [-0.15, -0.1) is 0 Å². The molecule has 0 unspecified atom stereocenters. The molecule has 0 saturated carbocycles. The maximum Gasteiger partial charge on any atom is 0.332 e. The number of hydrogen-bond acceptors (Lipinski definition) is 6. The second-order valence-electron chi connectivity index (χ2n) is 5.68. The lowest BCUT2D eigenvalue weighted by Gasteiger charge is -2.24. The minimum Gasteiger partial charge on any atom is -0.497 e. The van der Waals surface area contributed by atoms with Crippen LogP contribution in [0.25, 0.3) is 0 Å². The first kappa shape index (κ1) is 17.7. The van der Waals surface area contributed by atoms with Crippen LogP contribution in [0, 0.1) is 0 Å². The fourth-order valence-electron chi connectivity index (χ4n) is 2.44. The van der Waals surface area contributed by atoms with Crippen LogP contribution in [0.3, 0.4) is 0 Å². The Hall–Kier alpha value is -1.63. The molecular formula is C17H24O6. The lowest BCUT2D eigenvalue weighted by Crippen LogP contribution is -2.29. The maximum atomic E-state index is 11.6. The van der Waals surface area contributed by atoms with E-state index in [0.29, 0.717) is 13.2 Å². The average Bonchev–Trinajstić information content (AvgIpc) is 2.88. The molecule has 0 bridgehead atoms. The molecule has 1 aliphatic rings. The predicted molar refractivity (Wildman–Crippen MR) is 83.2 cm³/mol. The summed E-state index contributed by atoms with van der Waals surface area (Å²) in [7, 11) is 1.61. The van der Waals surface area contributed by atoms with E-state index in [1.54, 1.807) is 14.0 Å². The van der Waals surface area contributed by atoms with Crippen LogP contribution in [0.15, 0.2) is 24.3 Å². The largest absolute Gasteiger partial charge is 0.497 e. The van der Waals surface area contributed by atoms with Crippen LogP contribution in [0.2, 0.25) is 0 Å². The Bertz CT molecular complexity index is 510. The number of carbonyl (C=O) groups is 1. The van der Waals surface area contributed by atoms with Gasteiger partial charge >= 0.3 is 5.97 Å². The van der Waals surface area contributed by atoms with Crippen LogP contribution < -0.4 is 4.74 Å². The molecule has 2 rings (SSSR count). The molecule has 128 valence electrons. The molecule has 2 atom stereocenters. The number of hydrogen-bond donors (Lipinski definition) is 0. The molecule has 1 aliphatic heterocycles. The standard InChI is InChI=1S/C17H24O6/c1-5-20-15(18)11-21-16(14-10-22-17(2,3)23-14)12-6-8-13(19-4)9-7-12/h6-9,14,16H,5,10-11H2,1-4H3/t14-,16-/m1/s1. The summed E-state index contributed by atoms with van der Waals surface area (Å²) in [5, 5.41) is 0. The first-order valence-electron chi connectivity index (χ1n) is 7.68. The van der Waals surface area contributed by atoms with Crippen LogP contribution in [-0.4, -0.2) is 44.8 Å². The van der Waals surface area contributed by atoms with E-state index in [9.17, 15) is 4.79 Å². The van der Waals surface area contributed by atoms with Gasteiger partial charge in [-0.25, -0.2) is 4.79 Å².